The normalized spacial score (nSPS) is 16.8. The fourth-order valence-corrected chi connectivity index (χ4v) is 2.37. The maximum Gasteiger partial charge on any atom is 0.363 e. The van der Waals surface area contributed by atoms with Gasteiger partial charge in [0.1, 0.15) is 0 Å². The van der Waals surface area contributed by atoms with Crippen molar-refractivity contribution >= 4 is 29.3 Å². The summed E-state index contributed by atoms with van der Waals surface area (Å²) >= 11 is 1.49. The van der Waals surface area contributed by atoms with Gasteiger partial charge in [-0.1, -0.05) is 6.07 Å². The third-order valence-corrected chi connectivity index (χ3v) is 3.78. The number of nitrogens with zero attached hydrogens (tertiary/aromatic N) is 3. The Bertz CT molecular complexity index is 696. The molecule has 96 valence electrons. The van der Waals surface area contributed by atoms with Crippen molar-refractivity contribution in [1.82, 2.24) is 9.78 Å². The zero-order valence-electron chi connectivity index (χ0n) is 10.5. The largest absolute Gasteiger partial charge is 0.401 e. The molecule has 0 unspecified atom stereocenters. The number of aliphatic imine (C=N–C) groups is 1. The molecular formula is C13H11N3O2S. The van der Waals surface area contributed by atoms with Gasteiger partial charge in [-0.3, -0.25) is 4.68 Å². The number of rotatable bonds is 2. The summed E-state index contributed by atoms with van der Waals surface area (Å²) in [6.45, 7) is 1.93. The van der Waals surface area contributed by atoms with Crippen LogP contribution in [-0.2, 0) is 16.6 Å². The first-order chi connectivity index (χ1) is 9.15. The number of aryl methyl sites for hydroxylation is 1. The molecule has 0 radical (unpaired) electrons. The summed E-state index contributed by atoms with van der Waals surface area (Å²) in [4.78, 5) is 16.9. The topological polar surface area (TPSA) is 56.5 Å². The Morgan fingerprint density at radius 3 is 2.95 bits per heavy atom. The molecule has 0 amide bonds. The predicted molar refractivity (Wildman–Crippen MR) is 72.9 cm³/mol. The van der Waals surface area contributed by atoms with Gasteiger partial charge in [0, 0.05) is 18.3 Å². The van der Waals surface area contributed by atoms with Crippen molar-refractivity contribution in [1.29, 1.82) is 0 Å². The summed E-state index contributed by atoms with van der Waals surface area (Å²) < 4.78 is 6.91. The Morgan fingerprint density at radius 2 is 2.32 bits per heavy atom. The minimum atomic E-state index is -0.424. The van der Waals surface area contributed by atoms with Gasteiger partial charge < -0.3 is 4.74 Å². The van der Waals surface area contributed by atoms with Crippen molar-refractivity contribution in [2.75, 3.05) is 0 Å². The Morgan fingerprint density at radius 1 is 1.47 bits per heavy atom. The van der Waals surface area contributed by atoms with Gasteiger partial charge >= 0.3 is 5.97 Å². The fourth-order valence-electron chi connectivity index (χ4n) is 1.72. The van der Waals surface area contributed by atoms with Crippen molar-refractivity contribution in [2.45, 2.75) is 6.92 Å². The number of ether oxygens (including phenoxy) is 1. The second-order valence-corrected chi connectivity index (χ2v) is 5.07. The maximum absolute atomic E-state index is 11.8. The molecule has 6 heteroatoms. The zero-order valence-corrected chi connectivity index (χ0v) is 11.3. The SMILES string of the molecule is Cc1c(C=C2N=C(c3cccs3)OC2=O)cnn1C. The first-order valence-corrected chi connectivity index (χ1v) is 6.58. The molecule has 5 nitrogen and oxygen atoms in total. The molecular weight excluding hydrogens is 262 g/mol. The van der Waals surface area contributed by atoms with Gasteiger partial charge in [0.05, 0.1) is 11.1 Å². The summed E-state index contributed by atoms with van der Waals surface area (Å²) in [5, 5.41) is 6.04. The van der Waals surface area contributed by atoms with Crippen LogP contribution in [0.2, 0.25) is 0 Å². The number of cyclic esters (lactones) is 1. The maximum atomic E-state index is 11.8. The lowest BCUT2D eigenvalue weighted by Gasteiger charge is -1.94. The molecule has 0 aromatic carbocycles. The van der Waals surface area contributed by atoms with Crippen LogP contribution in [-0.4, -0.2) is 21.6 Å². The zero-order chi connectivity index (χ0) is 13.4. The van der Waals surface area contributed by atoms with Gasteiger partial charge in [-0.25, -0.2) is 9.79 Å². The minimum absolute atomic E-state index is 0.305. The molecule has 0 saturated carbocycles. The number of thiophene rings is 1. The molecule has 1 aliphatic rings. The predicted octanol–water partition coefficient (Wildman–Crippen LogP) is 2.13. The average Bonchev–Trinajstić information content (AvgIpc) is 3.08. The van der Waals surface area contributed by atoms with Crippen molar-refractivity contribution < 1.29 is 9.53 Å². The van der Waals surface area contributed by atoms with Crippen LogP contribution in [0.4, 0.5) is 0 Å². The van der Waals surface area contributed by atoms with Crippen LogP contribution in [0.25, 0.3) is 6.08 Å². The smallest absolute Gasteiger partial charge is 0.363 e. The Hall–Kier alpha value is -2.21. The van der Waals surface area contributed by atoms with Gasteiger partial charge in [-0.05, 0) is 24.4 Å². The van der Waals surface area contributed by atoms with E-state index in [-0.39, 0.29) is 0 Å². The fraction of sp³-hybridized carbons (Fsp3) is 0.154. The highest BCUT2D eigenvalue weighted by Crippen LogP contribution is 2.22. The summed E-state index contributed by atoms with van der Waals surface area (Å²) in [6, 6.07) is 3.76. The standard InChI is InChI=1S/C13H11N3O2S/c1-8-9(7-14-16(8)2)6-10-13(17)18-12(15-10)11-4-3-5-19-11/h3-7H,1-2H3. The molecule has 2 aromatic rings. The van der Waals surface area contributed by atoms with Crippen LogP contribution < -0.4 is 0 Å². The van der Waals surface area contributed by atoms with Crippen LogP contribution in [0.3, 0.4) is 0 Å². The minimum Gasteiger partial charge on any atom is -0.401 e. The number of hydrogen-bond acceptors (Lipinski definition) is 5. The molecule has 19 heavy (non-hydrogen) atoms. The highest BCUT2D eigenvalue weighted by Gasteiger charge is 2.25. The highest BCUT2D eigenvalue weighted by atomic mass is 32.1. The summed E-state index contributed by atoms with van der Waals surface area (Å²) in [5.41, 5.74) is 2.14. The Labute approximate surface area is 113 Å². The molecule has 0 N–H and O–H groups in total. The number of carbonyl (C=O) groups excluding carboxylic acids is 1. The Kier molecular flexibility index (Phi) is 2.79. The molecule has 3 heterocycles. The van der Waals surface area contributed by atoms with Crippen molar-refractivity contribution in [2.24, 2.45) is 12.0 Å². The molecule has 0 fully saturated rings. The quantitative estimate of drug-likeness (QED) is 0.622. The lowest BCUT2D eigenvalue weighted by molar-refractivity contribution is -0.129. The van der Waals surface area contributed by atoms with Gasteiger partial charge in [0.15, 0.2) is 5.70 Å². The van der Waals surface area contributed by atoms with E-state index >= 15 is 0 Å². The van der Waals surface area contributed by atoms with Crippen molar-refractivity contribution in [3.8, 4) is 0 Å². The van der Waals surface area contributed by atoms with Gasteiger partial charge in [-0.15, -0.1) is 11.3 Å². The third-order valence-electron chi connectivity index (χ3n) is 2.92. The monoisotopic (exact) mass is 273 g/mol. The number of aromatic nitrogens is 2. The van der Waals surface area contributed by atoms with Crippen molar-refractivity contribution in [3.63, 3.8) is 0 Å². The number of esters is 1. The molecule has 1 aliphatic heterocycles. The van der Waals surface area contributed by atoms with Crippen LogP contribution in [0.5, 0.6) is 0 Å². The van der Waals surface area contributed by atoms with Gasteiger partial charge in [0.2, 0.25) is 5.90 Å². The first-order valence-electron chi connectivity index (χ1n) is 5.70. The summed E-state index contributed by atoms with van der Waals surface area (Å²) in [7, 11) is 1.85. The molecule has 0 spiro atoms. The highest BCUT2D eigenvalue weighted by molar-refractivity contribution is 7.12. The van der Waals surface area contributed by atoms with Crippen LogP contribution >= 0.6 is 11.3 Å². The Balaban J connectivity index is 1.97. The second kappa shape index (κ2) is 4.47. The molecule has 0 aliphatic carbocycles. The van der Waals surface area contributed by atoms with E-state index in [2.05, 4.69) is 10.1 Å². The van der Waals surface area contributed by atoms with Gasteiger partial charge in [-0.2, -0.15) is 5.10 Å². The van der Waals surface area contributed by atoms with E-state index in [9.17, 15) is 4.79 Å². The molecule has 0 atom stereocenters. The number of carbonyl (C=O) groups is 1. The summed E-state index contributed by atoms with van der Waals surface area (Å²) in [6.07, 6.45) is 3.40. The first kappa shape index (κ1) is 11.9. The van der Waals surface area contributed by atoms with Crippen LogP contribution in [0, 0.1) is 6.92 Å². The number of hydrogen-bond donors (Lipinski definition) is 0. The van der Waals surface area contributed by atoms with Crippen molar-refractivity contribution in [3.05, 3.63) is 45.5 Å². The molecule has 0 bridgehead atoms. The van der Waals surface area contributed by atoms with E-state index in [4.69, 9.17) is 4.74 Å². The van der Waals surface area contributed by atoms with E-state index in [0.717, 1.165) is 16.1 Å². The van der Waals surface area contributed by atoms with Crippen LogP contribution in [0.1, 0.15) is 16.1 Å². The van der Waals surface area contributed by atoms with E-state index in [1.54, 1.807) is 17.0 Å². The second-order valence-electron chi connectivity index (χ2n) is 4.12. The third kappa shape index (κ3) is 2.10. The molecule has 0 saturated heterocycles. The lowest BCUT2D eigenvalue weighted by Crippen LogP contribution is -2.03. The molecule has 2 aromatic heterocycles. The van der Waals surface area contributed by atoms with Crippen LogP contribution in [0.15, 0.2) is 34.4 Å². The lowest BCUT2D eigenvalue weighted by atomic mass is 10.2. The van der Waals surface area contributed by atoms with E-state index < -0.39 is 5.97 Å². The van der Waals surface area contributed by atoms with E-state index in [1.165, 1.54) is 11.3 Å². The average molecular weight is 273 g/mol. The van der Waals surface area contributed by atoms with E-state index in [1.807, 2.05) is 31.5 Å². The van der Waals surface area contributed by atoms with E-state index in [0.29, 0.717) is 11.6 Å². The molecule has 3 rings (SSSR count). The van der Waals surface area contributed by atoms with Gasteiger partial charge in [0.25, 0.3) is 0 Å². The summed E-state index contributed by atoms with van der Waals surface area (Å²) in [5.74, 6) is -0.0561.